The number of hydrogen-bond acceptors (Lipinski definition) is 6. The van der Waals surface area contributed by atoms with E-state index in [2.05, 4.69) is 72.8 Å². The number of para-hydroxylation sites is 3. The summed E-state index contributed by atoms with van der Waals surface area (Å²) < 4.78 is 6.69. The second-order valence-corrected chi connectivity index (χ2v) is 13.6. The SMILES string of the molecule is c1ccc(-c2nc(-c3ccccc3)nc(-c3cccc4c3C3(c5ccccc5Oc5ccccc53)c3cc(-c5ncc6ccccc6n5)ccc3-4)n2)cc1. The van der Waals surface area contributed by atoms with Crippen LogP contribution in [0, 0.1) is 0 Å². The number of hydrogen-bond donors (Lipinski definition) is 0. The van der Waals surface area contributed by atoms with Crippen molar-refractivity contribution in [2.24, 2.45) is 0 Å². The molecule has 0 amide bonds. The maximum absolute atomic E-state index is 6.69. The standard InChI is InChI=1S/C48H29N5O/c1-3-14-30(15-4-1)45-51-46(31-16-5-2-6-17-31)53-47(52-45)36-20-13-19-35-34-27-26-32(44-49-29-33-18-7-10-23-40(33)50-44)28-39(34)48(43(35)36)37-21-8-11-24-41(37)54-42-25-12-9-22-38(42)48/h1-29H. The molecule has 1 spiro atoms. The van der Waals surface area contributed by atoms with Crippen LogP contribution in [0.15, 0.2) is 176 Å². The Bertz CT molecular complexity index is 2820. The molecule has 0 saturated carbocycles. The summed E-state index contributed by atoms with van der Waals surface area (Å²) in [5.41, 5.74) is 10.4. The van der Waals surface area contributed by atoms with Gasteiger partial charge in [-0.3, -0.25) is 0 Å². The van der Waals surface area contributed by atoms with Crippen LogP contribution in [0.1, 0.15) is 22.3 Å². The minimum atomic E-state index is -0.786. The molecule has 11 rings (SSSR count). The molecule has 0 radical (unpaired) electrons. The highest BCUT2D eigenvalue weighted by atomic mass is 16.5. The van der Waals surface area contributed by atoms with Crippen LogP contribution < -0.4 is 4.74 Å². The lowest BCUT2D eigenvalue weighted by Crippen LogP contribution is -2.32. The summed E-state index contributed by atoms with van der Waals surface area (Å²) in [5, 5.41) is 1.00. The lowest BCUT2D eigenvalue weighted by Gasteiger charge is -2.40. The number of ether oxygens (including phenoxy) is 1. The van der Waals surface area contributed by atoms with Crippen molar-refractivity contribution in [1.82, 2.24) is 24.9 Å². The van der Waals surface area contributed by atoms with E-state index in [-0.39, 0.29) is 0 Å². The number of nitrogens with zero attached hydrogens (tertiary/aromatic N) is 5. The first-order valence-electron chi connectivity index (χ1n) is 18.0. The largest absolute Gasteiger partial charge is 0.457 e. The van der Waals surface area contributed by atoms with Crippen molar-refractivity contribution in [3.05, 3.63) is 198 Å². The average Bonchev–Trinajstić information content (AvgIpc) is 3.54. The van der Waals surface area contributed by atoms with Gasteiger partial charge in [-0.15, -0.1) is 0 Å². The van der Waals surface area contributed by atoms with E-state index in [4.69, 9.17) is 29.7 Å². The topological polar surface area (TPSA) is 73.7 Å². The third-order valence-corrected chi connectivity index (χ3v) is 10.6. The average molecular weight is 692 g/mol. The van der Waals surface area contributed by atoms with Crippen molar-refractivity contribution in [2.45, 2.75) is 5.41 Å². The highest BCUT2D eigenvalue weighted by Crippen LogP contribution is 2.64. The van der Waals surface area contributed by atoms with E-state index >= 15 is 0 Å². The molecule has 0 atom stereocenters. The summed E-state index contributed by atoms with van der Waals surface area (Å²) in [4.78, 5) is 25.4. The number of benzene rings is 7. The van der Waals surface area contributed by atoms with Gasteiger partial charge in [0.05, 0.1) is 10.9 Å². The fraction of sp³-hybridized carbons (Fsp3) is 0.0208. The fourth-order valence-electron chi connectivity index (χ4n) is 8.32. The molecule has 0 saturated heterocycles. The van der Waals surface area contributed by atoms with E-state index < -0.39 is 5.41 Å². The molecule has 0 unspecified atom stereocenters. The zero-order valence-corrected chi connectivity index (χ0v) is 28.9. The summed E-state index contributed by atoms with van der Waals surface area (Å²) in [7, 11) is 0. The number of aromatic nitrogens is 5. The Morgan fingerprint density at radius 2 is 0.981 bits per heavy atom. The molecule has 6 nitrogen and oxygen atoms in total. The van der Waals surface area contributed by atoms with Crippen LogP contribution in [0.25, 0.3) is 67.6 Å². The molecule has 0 fully saturated rings. The first-order chi connectivity index (χ1) is 26.8. The molecule has 7 aromatic carbocycles. The van der Waals surface area contributed by atoms with Gasteiger partial charge in [-0.05, 0) is 46.5 Å². The van der Waals surface area contributed by atoms with Gasteiger partial charge in [-0.25, -0.2) is 24.9 Å². The quantitative estimate of drug-likeness (QED) is 0.183. The van der Waals surface area contributed by atoms with Crippen molar-refractivity contribution in [1.29, 1.82) is 0 Å². The van der Waals surface area contributed by atoms with Gasteiger partial charge >= 0.3 is 0 Å². The van der Waals surface area contributed by atoms with Gasteiger partial charge in [0.15, 0.2) is 23.3 Å². The third-order valence-electron chi connectivity index (χ3n) is 10.6. The molecule has 6 heteroatoms. The molecule has 54 heavy (non-hydrogen) atoms. The van der Waals surface area contributed by atoms with E-state index in [1.807, 2.05) is 103 Å². The Balaban J connectivity index is 1.23. The van der Waals surface area contributed by atoms with E-state index in [0.717, 1.165) is 78.0 Å². The maximum Gasteiger partial charge on any atom is 0.164 e. The van der Waals surface area contributed by atoms with Crippen LogP contribution in [0.2, 0.25) is 0 Å². The van der Waals surface area contributed by atoms with Gasteiger partial charge in [0.1, 0.15) is 11.5 Å². The zero-order chi connectivity index (χ0) is 35.6. The molecule has 9 aromatic rings. The van der Waals surface area contributed by atoms with E-state index in [9.17, 15) is 0 Å². The monoisotopic (exact) mass is 691 g/mol. The molecule has 1 aliphatic heterocycles. The Labute approximate surface area is 311 Å². The summed E-state index contributed by atoms with van der Waals surface area (Å²) in [5.74, 6) is 4.13. The van der Waals surface area contributed by atoms with Crippen LogP contribution in [-0.4, -0.2) is 24.9 Å². The predicted octanol–water partition coefficient (Wildman–Crippen LogP) is 11.0. The number of rotatable bonds is 4. The minimum Gasteiger partial charge on any atom is -0.457 e. The maximum atomic E-state index is 6.69. The second-order valence-electron chi connectivity index (χ2n) is 13.6. The van der Waals surface area contributed by atoms with Crippen molar-refractivity contribution < 1.29 is 4.74 Å². The summed E-state index contributed by atoms with van der Waals surface area (Å²) in [6.07, 6.45) is 1.90. The lowest BCUT2D eigenvalue weighted by molar-refractivity contribution is 0.436. The summed E-state index contributed by atoms with van der Waals surface area (Å²) in [6, 6.07) is 58.2. The van der Waals surface area contributed by atoms with E-state index in [0.29, 0.717) is 23.3 Å². The Morgan fingerprint density at radius 1 is 0.389 bits per heavy atom. The summed E-state index contributed by atoms with van der Waals surface area (Å²) >= 11 is 0. The molecular formula is C48H29N5O. The molecule has 3 heterocycles. The second kappa shape index (κ2) is 11.9. The van der Waals surface area contributed by atoms with E-state index in [1.54, 1.807) is 0 Å². The van der Waals surface area contributed by atoms with Gasteiger partial charge in [0, 0.05) is 45.0 Å². The highest BCUT2D eigenvalue weighted by Gasteiger charge is 2.52. The molecule has 0 N–H and O–H groups in total. The fourth-order valence-corrected chi connectivity index (χ4v) is 8.32. The smallest absolute Gasteiger partial charge is 0.164 e. The van der Waals surface area contributed by atoms with Crippen LogP contribution >= 0.6 is 0 Å². The van der Waals surface area contributed by atoms with Gasteiger partial charge in [-0.1, -0.05) is 146 Å². The molecule has 2 aromatic heterocycles. The zero-order valence-electron chi connectivity index (χ0n) is 28.9. The minimum absolute atomic E-state index is 0.603. The molecule has 2 aliphatic rings. The first-order valence-corrected chi connectivity index (χ1v) is 18.0. The van der Waals surface area contributed by atoms with Gasteiger partial charge in [0.25, 0.3) is 0 Å². The van der Waals surface area contributed by atoms with Crippen molar-refractivity contribution in [2.75, 3.05) is 0 Å². The van der Waals surface area contributed by atoms with Crippen LogP contribution in [-0.2, 0) is 5.41 Å². The van der Waals surface area contributed by atoms with Crippen LogP contribution in [0.4, 0.5) is 0 Å². The molecule has 252 valence electrons. The van der Waals surface area contributed by atoms with Gasteiger partial charge in [0.2, 0.25) is 0 Å². The van der Waals surface area contributed by atoms with Crippen molar-refractivity contribution in [3.63, 3.8) is 0 Å². The third kappa shape index (κ3) is 4.50. The molecule has 0 bridgehead atoms. The predicted molar refractivity (Wildman–Crippen MR) is 212 cm³/mol. The molecular weight excluding hydrogens is 663 g/mol. The number of fused-ring (bicyclic) bond motifs is 10. The van der Waals surface area contributed by atoms with Crippen molar-refractivity contribution >= 4 is 10.9 Å². The van der Waals surface area contributed by atoms with Gasteiger partial charge in [-0.2, -0.15) is 0 Å². The van der Waals surface area contributed by atoms with Crippen LogP contribution in [0.3, 0.4) is 0 Å². The highest BCUT2D eigenvalue weighted by molar-refractivity contribution is 5.94. The Morgan fingerprint density at radius 3 is 1.69 bits per heavy atom. The van der Waals surface area contributed by atoms with Crippen molar-refractivity contribution in [3.8, 4) is 68.2 Å². The van der Waals surface area contributed by atoms with Crippen LogP contribution in [0.5, 0.6) is 11.5 Å². The summed E-state index contributed by atoms with van der Waals surface area (Å²) in [6.45, 7) is 0. The Kier molecular flexibility index (Phi) is 6.67. The Hall–Kier alpha value is -7.31. The van der Waals surface area contributed by atoms with E-state index in [1.165, 1.54) is 0 Å². The normalized spacial score (nSPS) is 13.1. The molecule has 1 aliphatic carbocycles. The van der Waals surface area contributed by atoms with Gasteiger partial charge < -0.3 is 4.74 Å². The lowest BCUT2D eigenvalue weighted by atomic mass is 9.65. The first kappa shape index (κ1) is 30.3.